The van der Waals surface area contributed by atoms with Crippen LogP contribution in [0.15, 0.2) is 18.2 Å². The maximum absolute atomic E-state index is 3.47. The third-order valence-corrected chi connectivity index (χ3v) is 5.01. The first-order valence-corrected chi connectivity index (χ1v) is 7.77. The number of nitrogens with one attached hydrogen (secondary N) is 1. The first kappa shape index (κ1) is 13.1. The number of rotatable bonds is 3. The van der Waals surface area contributed by atoms with Crippen molar-refractivity contribution in [3.05, 3.63) is 34.9 Å². The Kier molecular flexibility index (Phi) is 3.90. The molecule has 1 saturated heterocycles. The third kappa shape index (κ3) is 2.70. The van der Waals surface area contributed by atoms with Gasteiger partial charge < -0.3 is 5.32 Å². The van der Waals surface area contributed by atoms with Gasteiger partial charge in [-0.3, -0.25) is 4.90 Å². The lowest BCUT2D eigenvalue weighted by molar-refractivity contribution is 0.0837. The molecule has 2 heteroatoms. The highest BCUT2D eigenvalue weighted by molar-refractivity contribution is 5.32. The first-order chi connectivity index (χ1) is 9.25. The van der Waals surface area contributed by atoms with E-state index in [0.29, 0.717) is 6.04 Å². The molecule has 0 bridgehead atoms. The topological polar surface area (TPSA) is 15.3 Å². The standard InChI is InChI=1S/C17H26N2/c1-13-6-7-16(12-14(13)2)17(15-4-3-5-15)19-10-8-18-9-11-19/h6-7,12,15,17-18H,3-5,8-11H2,1-2H3/t17-/m1/s1. The van der Waals surface area contributed by atoms with Crippen LogP contribution in [-0.4, -0.2) is 31.1 Å². The summed E-state index contributed by atoms with van der Waals surface area (Å²) in [6, 6.07) is 7.77. The van der Waals surface area contributed by atoms with Crippen LogP contribution < -0.4 is 5.32 Å². The van der Waals surface area contributed by atoms with Crippen LogP contribution in [0.1, 0.15) is 42.0 Å². The Hall–Kier alpha value is -0.860. The van der Waals surface area contributed by atoms with Crippen LogP contribution in [-0.2, 0) is 0 Å². The van der Waals surface area contributed by atoms with E-state index in [-0.39, 0.29) is 0 Å². The van der Waals surface area contributed by atoms with Gasteiger partial charge >= 0.3 is 0 Å². The highest BCUT2D eigenvalue weighted by Gasteiger charge is 2.33. The molecule has 1 atom stereocenters. The summed E-state index contributed by atoms with van der Waals surface area (Å²) in [6.07, 6.45) is 4.27. The van der Waals surface area contributed by atoms with Crippen molar-refractivity contribution in [1.29, 1.82) is 0 Å². The van der Waals surface area contributed by atoms with Gasteiger partial charge in [0.15, 0.2) is 0 Å². The van der Waals surface area contributed by atoms with E-state index in [2.05, 4.69) is 42.3 Å². The fourth-order valence-corrected chi connectivity index (χ4v) is 3.45. The summed E-state index contributed by atoms with van der Waals surface area (Å²) in [5.41, 5.74) is 4.41. The zero-order chi connectivity index (χ0) is 13.2. The van der Waals surface area contributed by atoms with E-state index in [1.807, 2.05) is 0 Å². The van der Waals surface area contributed by atoms with Crippen LogP contribution in [0.5, 0.6) is 0 Å². The largest absolute Gasteiger partial charge is 0.314 e. The van der Waals surface area contributed by atoms with Crippen molar-refractivity contribution in [2.24, 2.45) is 5.92 Å². The van der Waals surface area contributed by atoms with Crippen molar-refractivity contribution in [3.63, 3.8) is 0 Å². The second-order valence-corrected chi connectivity index (χ2v) is 6.27. The molecule has 1 N–H and O–H groups in total. The average molecular weight is 258 g/mol. The van der Waals surface area contributed by atoms with Gasteiger partial charge in [0.1, 0.15) is 0 Å². The van der Waals surface area contributed by atoms with Crippen LogP contribution in [0.25, 0.3) is 0 Å². The Bertz CT molecular complexity index is 431. The Balaban J connectivity index is 1.86. The molecule has 1 aliphatic carbocycles. The Morgan fingerprint density at radius 1 is 1.11 bits per heavy atom. The number of hydrogen-bond acceptors (Lipinski definition) is 2. The highest BCUT2D eigenvalue weighted by atomic mass is 15.2. The minimum atomic E-state index is 0.662. The van der Waals surface area contributed by atoms with Crippen LogP contribution in [0, 0.1) is 19.8 Å². The van der Waals surface area contributed by atoms with E-state index in [1.165, 1.54) is 43.5 Å². The van der Waals surface area contributed by atoms with E-state index < -0.39 is 0 Å². The molecule has 104 valence electrons. The molecule has 19 heavy (non-hydrogen) atoms. The van der Waals surface area contributed by atoms with E-state index in [0.717, 1.165) is 19.0 Å². The summed E-state index contributed by atoms with van der Waals surface area (Å²) in [6.45, 7) is 9.15. The number of aryl methyl sites for hydroxylation is 2. The van der Waals surface area contributed by atoms with Crippen molar-refractivity contribution >= 4 is 0 Å². The van der Waals surface area contributed by atoms with Gasteiger partial charge in [0, 0.05) is 32.2 Å². The summed E-state index contributed by atoms with van der Waals surface area (Å²) in [5.74, 6) is 0.889. The maximum atomic E-state index is 3.47. The van der Waals surface area contributed by atoms with Crippen molar-refractivity contribution < 1.29 is 0 Å². The molecule has 0 aromatic heterocycles. The smallest absolute Gasteiger partial charge is 0.0377 e. The monoisotopic (exact) mass is 258 g/mol. The molecular formula is C17H26N2. The zero-order valence-corrected chi connectivity index (χ0v) is 12.3. The quantitative estimate of drug-likeness (QED) is 0.896. The predicted molar refractivity (Wildman–Crippen MR) is 80.4 cm³/mol. The molecule has 0 radical (unpaired) electrons. The number of piperazine rings is 1. The zero-order valence-electron chi connectivity index (χ0n) is 12.3. The van der Waals surface area contributed by atoms with Crippen molar-refractivity contribution in [3.8, 4) is 0 Å². The molecule has 0 amide bonds. The minimum absolute atomic E-state index is 0.662. The van der Waals surface area contributed by atoms with Gasteiger partial charge in [0.05, 0.1) is 0 Å². The van der Waals surface area contributed by atoms with Crippen LogP contribution in [0.4, 0.5) is 0 Å². The van der Waals surface area contributed by atoms with E-state index in [9.17, 15) is 0 Å². The highest BCUT2D eigenvalue weighted by Crippen LogP contribution is 2.41. The lowest BCUT2D eigenvalue weighted by Gasteiger charge is -2.43. The van der Waals surface area contributed by atoms with Gasteiger partial charge in [-0.2, -0.15) is 0 Å². The van der Waals surface area contributed by atoms with Gasteiger partial charge in [-0.25, -0.2) is 0 Å². The molecule has 1 saturated carbocycles. The van der Waals surface area contributed by atoms with Crippen molar-refractivity contribution in [1.82, 2.24) is 10.2 Å². The average Bonchev–Trinajstić information content (AvgIpc) is 2.38. The molecule has 0 unspecified atom stereocenters. The second kappa shape index (κ2) is 5.64. The summed E-state index contributed by atoms with van der Waals surface area (Å²) in [4.78, 5) is 2.71. The lowest BCUT2D eigenvalue weighted by Crippen LogP contribution is -2.47. The van der Waals surface area contributed by atoms with Crippen LogP contribution in [0.3, 0.4) is 0 Å². The van der Waals surface area contributed by atoms with Crippen molar-refractivity contribution in [2.75, 3.05) is 26.2 Å². The second-order valence-electron chi connectivity index (χ2n) is 6.27. The van der Waals surface area contributed by atoms with Gasteiger partial charge in [-0.1, -0.05) is 24.6 Å². The van der Waals surface area contributed by atoms with Gasteiger partial charge in [0.25, 0.3) is 0 Å². The summed E-state index contributed by atoms with van der Waals surface area (Å²) in [7, 11) is 0. The lowest BCUT2D eigenvalue weighted by atomic mass is 9.76. The number of nitrogens with zero attached hydrogens (tertiary/aromatic N) is 1. The molecule has 1 aromatic rings. The van der Waals surface area contributed by atoms with Crippen LogP contribution >= 0.6 is 0 Å². The summed E-state index contributed by atoms with van der Waals surface area (Å²) < 4.78 is 0. The fraction of sp³-hybridized carbons (Fsp3) is 0.647. The van der Waals surface area contributed by atoms with E-state index >= 15 is 0 Å². The fourth-order valence-electron chi connectivity index (χ4n) is 3.45. The molecule has 2 nitrogen and oxygen atoms in total. The van der Waals surface area contributed by atoms with Crippen LogP contribution in [0.2, 0.25) is 0 Å². The SMILES string of the molecule is Cc1ccc([C@@H](C2CCC2)N2CCNCC2)cc1C. The predicted octanol–water partition coefficient (Wildman–Crippen LogP) is 3.05. The number of benzene rings is 1. The molecular weight excluding hydrogens is 232 g/mol. The normalized spacial score (nSPS) is 23.1. The minimum Gasteiger partial charge on any atom is -0.314 e. The third-order valence-electron chi connectivity index (χ3n) is 5.01. The van der Waals surface area contributed by atoms with Gasteiger partial charge in [0.2, 0.25) is 0 Å². The Labute approximate surface area is 117 Å². The molecule has 3 rings (SSSR count). The van der Waals surface area contributed by atoms with Crippen molar-refractivity contribution in [2.45, 2.75) is 39.2 Å². The molecule has 1 aliphatic heterocycles. The van der Waals surface area contributed by atoms with Gasteiger partial charge in [-0.05, 0) is 49.3 Å². The molecule has 1 heterocycles. The number of hydrogen-bond donors (Lipinski definition) is 1. The molecule has 1 aromatic carbocycles. The van der Waals surface area contributed by atoms with E-state index in [4.69, 9.17) is 0 Å². The van der Waals surface area contributed by atoms with Gasteiger partial charge in [-0.15, -0.1) is 0 Å². The molecule has 0 spiro atoms. The Morgan fingerprint density at radius 2 is 1.84 bits per heavy atom. The molecule has 2 aliphatic rings. The Morgan fingerprint density at radius 3 is 2.42 bits per heavy atom. The van der Waals surface area contributed by atoms with E-state index in [1.54, 1.807) is 5.56 Å². The summed E-state index contributed by atoms with van der Waals surface area (Å²) in [5, 5.41) is 3.47. The molecule has 2 fully saturated rings. The maximum Gasteiger partial charge on any atom is 0.0377 e. The first-order valence-electron chi connectivity index (χ1n) is 7.77. The summed E-state index contributed by atoms with van der Waals surface area (Å²) >= 11 is 0.